The van der Waals surface area contributed by atoms with Crippen molar-refractivity contribution in [3.63, 3.8) is 0 Å². The first-order chi connectivity index (χ1) is 18.0. The van der Waals surface area contributed by atoms with Crippen LogP contribution in [0.2, 0.25) is 0 Å². The summed E-state index contributed by atoms with van der Waals surface area (Å²) in [5.41, 5.74) is 3.21. The zero-order valence-electron chi connectivity index (χ0n) is 21.5. The number of hydrogen-bond acceptors (Lipinski definition) is 5. The molecule has 1 saturated carbocycles. The number of rotatable bonds is 9. The van der Waals surface area contributed by atoms with Gasteiger partial charge in [0.1, 0.15) is 5.01 Å². The van der Waals surface area contributed by atoms with E-state index in [-0.39, 0.29) is 36.0 Å². The van der Waals surface area contributed by atoms with Gasteiger partial charge in [0.15, 0.2) is 5.78 Å². The van der Waals surface area contributed by atoms with Crippen LogP contribution in [-0.2, 0) is 6.42 Å². The highest BCUT2D eigenvalue weighted by Crippen LogP contribution is 2.36. The van der Waals surface area contributed by atoms with E-state index in [1.807, 2.05) is 35.4 Å². The minimum absolute atomic E-state index is 0.00219. The molecule has 194 valence electrons. The number of aryl methyl sites for hydroxylation is 1. The van der Waals surface area contributed by atoms with Gasteiger partial charge in [-0.25, -0.2) is 4.98 Å². The third kappa shape index (κ3) is 6.02. The minimum Gasteiger partial charge on any atom is -0.393 e. The maximum Gasteiger partial charge on any atom is 0.254 e. The number of ketones is 1. The van der Waals surface area contributed by atoms with Gasteiger partial charge in [0, 0.05) is 35.2 Å². The topological polar surface area (TPSA) is 70.5 Å². The molecular formula is C31H36N2O3S. The summed E-state index contributed by atoms with van der Waals surface area (Å²) in [5.74, 6) is 0.0578. The Bertz CT molecular complexity index is 1220. The predicted octanol–water partition coefficient (Wildman–Crippen LogP) is 6.41. The molecular weight excluding hydrogens is 480 g/mol. The smallest absolute Gasteiger partial charge is 0.254 e. The van der Waals surface area contributed by atoms with Crippen LogP contribution in [0.5, 0.6) is 0 Å². The lowest BCUT2D eigenvalue weighted by molar-refractivity contribution is 0.0456. The van der Waals surface area contributed by atoms with Crippen molar-refractivity contribution in [3.05, 3.63) is 87.4 Å². The zero-order chi connectivity index (χ0) is 25.8. The zero-order valence-corrected chi connectivity index (χ0v) is 22.3. The van der Waals surface area contributed by atoms with Crippen molar-refractivity contribution < 1.29 is 14.7 Å². The quantitative estimate of drug-likeness (QED) is 0.334. The normalized spacial score (nSPS) is 19.7. The second-order valence-electron chi connectivity index (χ2n) is 10.7. The first-order valence-electron chi connectivity index (χ1n) is 13.6. The summed E-state index contributed by atoms with van der Waals surface area (Å²) in [4.78, 5) is 33.5. The largest absolute Gasteiger partial charge is 0.393 e. The number of Topliss-reactive ketones (excluding diaryl/α,β-unsaturated/α-hetero) is 1. The van der Waals surface area contributed by atoms with Gasteiger partial charge in [-0.15, -0.1) is 11.3 Å². The van der Waals surface area contributed by atoms with E-state index in [0.29, 0.717) is 24.1 Å². The Kier molecular flexibility index (Phi) is 8.16. The molecule has 0 bridgehead atoms. The molecule has 0 spiro atoms. The molecule has 2 heterocycles. The highest BCUT2D eigenvalue weighted by Gasteiger charge is 2.34. The molecule has 2 aromatic carbocycles. The van der Waals surface area contributed by atoms with E-state index in [1.165, 1.54) is 0 Å². The molecule has 1 aliphatic heterocycles. The van der Waals surface area contributed by atoms with Crippen LogP contribution >= 0.6 is 11.3 Å². The first-order valence-corrected chi connectivity index (χ1v) is 14.5. The van der Waals surface area contributed by atoms with Crippen LogP contribution < -0.4 is 0 Å². The second kappa shape index (κ2) is 11.7. The molecule has 0 unspecified atom stereocenters. The van der Waals surface area contributed by atoms with Crippen molar-refractivity contribution in [2.45, 2.75) is 70.4 Å². The molecule has 6 heteroatoms. The molecule has 1 saturated heterocycles. The van der Waals surface area contributed by atoms with Gasteiger partial charge in [-0.05, 0) is 68.6 Å². The molecule has 5 rings (SSSR count). The standard InChI is InChI=1S/C31H36N2O3S/c1-21-20-37-30(32-21)27-15-8-16-33(27)31(36)25-14-7-13-24(18-25)28(34)19-26(17-22-9-3-2-4-10-22)29(35)23-11-5-6-12-23/h2-4,7,9-10,13-14,18,20,23,26-27,29,35H,5-6,8,11-12,15-17,19H2,1H3/t26-,27-,29+/m1/s1. The number of aliphatic hydroxyl groups is 1. The van der Waals surface area contributed by atoms with Crippen LogP contribution in [0.1, 0.15) is 88.0 Å². The van der Waals surface area contributed by atoms with Crippen LogP contribution in [0.3, 0.4) is 0 Å². The Morgan fingerprint density at radius 3 is 2.51 bits per heavy atom. The van der Waals surface area contributed by atoms with Gasteiger partial charge >= 0.3 is 0 Å². The molecule has 5 nitrogen and oxygen atoms in total. The van der Waals surface area contributed by atoms with Crippen molar-refractivity contribution in [3.8, 4) is 0 Å². The van der Waals surface area contributed by atoms with Gasteiger partial charge in [0.25, 0.3) is 5.91 Å². The third-order valence-corrected chi connectivity index (χ3v) is 9.08. The fourth-order valence-electron chi connectivity index (χ4n) is 6.05. The average molecular weight is 517 g/mol. The number of hydrogen-bond donors (Lipinski definition) is 1. The predicted molar refractivity (Wildman–Crippen MR) is 147 cm³/mol. The van der Waals surface area contributed by atoms with Crippen LogP contribution in [0.25, 0.3) is 0 Å². The van der Waals surface area contributed by atoms with Crippen LogP contribution in [0, 0.1) is 18.8 Å². The van der Waals surface area contributed by atoms with Gasteiger partial charge in [-0.2, -0.15) is 0 Å². The van der Waals surface area contributed by atoms with Crippen LogP contribution in [0.4, 0.5) is 0 Å². The van der Waals surface area contributed by atoms with E-state index < -0.39 is 6.10 Å². The van der Waals surface area contributed by atoms with E-state index in [2.05, 4.69) is 17.1 Å². The van der Waals surface area contributed by atoms with E-state index in [9.17, 15) is 14.7 Å². The number of aliphatic hydroxyl groups excluding tert-OH is 1. The SMILES string of the molecule is Cc1csc([C@H]2CCCN2C(=O)c2cccc(C(=O)C[C@@H](Cc3ccccc3)[C@@H](O)C3CCCC3)c2)n1. The van der Waals surface area contributed by atoms with Crippen molar-refractivity contribution >= 4 is 23.0 Å². The van der Waals surface area contributed by atoms with Crippen molar-refractivity contribution in [2.24, 2.45) is 11.8 Å². The highest BCUT2D eigenvalue weighted by molar-refractivity contribution is 7.09. The van der Waals surface area contributed by atoms with Crippen molar-refractivity contribution in [1.82, 2.24) is 9.88 Å². The molecule has 1 N–H and O–H groups in total. The monoisotopic (exact) mass is 516 g/mol. The summed E-state index contributed by atoms with van der Waals surface area (Å²) >= 11 is 1.61. The second-order valence-corrected chi connectivity index (χ2v) is 11.6. The molecule has 2 fully saturated rings. The molecule has 0 radical (unpaired) electrons. The maximum absolute atomic E-state index is 13.5. The Labute approximate surface area is 223 Å². The molecule has 1 amide bonds. The van der Waals surface area contributed by atoms with Gasteiger partial charge < -0.3 is 10.0 Å². The van der Waals surface area contributed by atoms with Gasteiger partial charge in [-0.1, -0.05) is 55.3 Å². The number of amides is 1. The summed E-state index contributed by atoms with van der Waals surface area (Å²) in [7, 11) is 0. The van der Waals surface area contributed by atoms with Crippen LogP contribution in [0.15, 0.2) is 60.0 Å². The molecule has 2 aliphatic rings. The Morgan fingerprint density at radius 1 is 1.03 bits per heavy atom. The van der Waals surface area contributed by atoms with E-state index in [1.54, 1.807) is 35.6 Å². The Balaban J connectivity index is 1.32. The Hall–Kier alpha value is -2.83. The van der Waals surface area contributed by atoms with Gasteiger partial charge in [0.05, 0.1) is 12.1 Å². The summed E-state index contributed by atoms with van der Waals surface area (Å²) in [5, 5.41) is 14.3. The number of likely N-dealkylation sites (tertiary alicyclic amines) is 1. The van der Waals surface area contributed by atoms with Gasteiger partial charge in [-0.3, -0.25) is 9.59 Å². The molecule has 3 atom stereocenters. The third-order valence-electron chi connectivity index (χ3n) is 8.02. The summed E-state index contributed by atoms with van der Waals surface area (Å²) in [6.07, 6.45) is 6.67. The number of carbonyl (C=O) groups excluding carboxylic acids is 2. The van der Waals surface area contributed by atoms with Gasteiger partial charge in [0.2, 0.25) is 0 Å². The first kappa shape index (κ1) is 25.8. The number of carbonyl (C=O) groups is 2. The molecule has 1 aromatic heterocycles. The van der Waals surface area contributed by atoms with E-state index in [4.69, 9.17) is 0 Å². The number of thiazole rings is 1. The summed E-state index contributed by atoms with van der Waals surface area (Å²) in [6.45, 7) is 2.68. The van der Waals surface area contributed by atoms with E-state index >= 15 is 0 Å². The van der Waals surface area contributed by atoms with Crippen molar-refractivity contribution in [2.75, 3.05) is 6.54 Å². The van der Waals surface area contributed by atoms with Crippen molar-refractivity contribution in [1.29, 1.82) is 0 Å². The Morgan fingerprint density at radius 2 is 1.78 bits per heavy atom. The molecule has 3 aromatic rings. The number of nitrogens with zero attached hydrogens (tertiary/aromatic N) is 2. The molecule has 1 aliphatic carbocycles. The number of aromatic nitrogens is 1. The summed E-state index contributed by atoms with van der Waals surface area (Å²) < 4.78 is 0. The lowest BCUT2D eigenvalue weighted by Crippen LogP contribution is -2.31. The average Bonchev–Trinajstić information content (AvgIpc) is 3.70. The fourth-order valence-corrected chi connectivity index (χ4v) is 7.00. The minimum atomic E-state index is -0.497. The highest BCUT2D eigenvalue weighted by atomic mass is 32.1. The number of benzene rings is 2. The lowest BCUT2D eigenvalue weighted by Gasteiger charge is -2.27. The lowest BCUT2D eigenvalue weighted by atomic mass is 9.81. The van der Waals surface area contributed by atoms with Crippen LogP contribution in [-0.4, -0.2) is 39.3 Å². The maximum atomic E-state index is 13.5. The summed E-state index contributed by atoms with van der Waals surface area (Å²) in [6, 6.07) is 17.3. The fraction of sp³-hybridized carbons (Fsp3) is 0.452. The van der Waals surface area contributed by atoms with E-state index in [0.717, 1.165) is 54.8 Å². The molecule has 37 heavy (non-hydrogen) atoms.